The first-order valence-corrected chi connectivity index (χ1v) is 27.3. The molecule has 0 amide bonds. The first-order chi connectivity index (χ1) is 31.5. The molecule has 0 radical (unpaired) electrons. The number of anilines is 1. The first-order valence-electron chi connectivity index (χ1n) is 25.8. The van der Waals surface area contributed by atoms with Gasteiger partial charge in [-0.25, -0.2) is 13.8 Å². The van der Waals surface area contributed by atoms with Crippen LogP contribution in [0.2, 0.25) is 0 Å². The summed E-state index contributed by atoms with van der Waals surface area (Å²) in [5.41, 5.74) is 4.51. The minimum Gasteiger partial charge on any atom is -0.462 e. The quantitative estimate of drug-likeness (QED) is 0.0319. The number of ether oxygens (including phenoxy) is 3. The number of hydrogen-bond acceptors (Lipinski definition) is 12. The number of unbranched alkanes of at least 4 members (excludes halogenated alkanes) is 28. The fourth-order valence-corrected chi connectivity index (χ4v) is 9.98. The van der Waals surface area contributed by atoms with E-state index in [-0.39, 0.29) is 25.9 Å². The normalized spacial score (nSPS) is 20.5. The van der Waals surface area contributed by atoms with Gasteiger partial charge in [0, 0.05) is 18.8 Å². The molecule has 1 aromatic heterocycles. The number of rotatable bonds is 41. The number of carbonyl (C=O) groups is 2. The highest BCUT2D eigenvalue weighted by Crippen LogP contribution is 2.53. The Morgan fingerprint density at radius 3 is 1.62 bits per heavy atom. The summed E-state index contributed by atoms with van der Waals surface area (Å²) < 4.78 is 55.6. The number of hydrogen-bond donors (Lipinski definition) is 3. The van der Waals surface area contributed by atoms with Crippen molar-refractivity contribution in [1.29, 1.82) is 0 Å². The zero-order valence-electron chi connectivity index (χ0n) is 40.2. The van der Waals surface area contributed by atoms with Crippen LogP contribution in [0.5, 0.6) is 0 Å². The van der Waals surface area contributed by atoms with Crippen molar-refractivity contribution in [3.63, 3.8) is 0 Å². The van der Waals surface area contributed by atoms with Gasteiger partial charge in [0.15, 0.2) is 17.7 Å². The number of nitrogen functional groups attached to an aromatic ring is 1. The lowest BCUT2D eigenvalue weighted by atomic mass is 10.0. The van der Waals surface area contributed by atoms with Gasteiger partial charge in [-0.3, -0.25) is 23.2 Å². The fraction of sp³-hybridized carbons (Fsp3) is 0.878. The van der Waals surface area contributed by atoms with Gasteiger partial charge in [0.1, 0.15) is 18.9 Å². The van der Waals surface area contributed by atoms with Gasteiger partial charge in [-0.05, 0) is 19.3 Å². The van der Waals surface area contributed by atoms with Crippen molar-refractivity contribution >= 4 is 25.6 Å². The minimum atomic E-state index is -4.84. The monoisotopic (exact) mass is 944 g/mol. The molecule has 1 saturated heterocycles. The van der Waals surface area contributed by atoms with Crippen molar-refractivity contribution in [1.82, 2.24) is 9.55 Å². The van der Waals surface area contributed by atoms with E-state index in [9.17, 15) is 33.3 Å². The van der Waals surface area contributed by atoms with Gasteiger partial charge >= 0.3 is 25.5 Å². The smallest absolute Gasteiger partial charge is 0.462 e. The molecule has 65 heavy (non-hydrogen) atoms. The van der Waals surface area contributed by atoms with Crippen LogP contribution in [-0.2, 0) is 37.4 Å². The molecular formula is C49H87FN3O11P. The van der Waals surface area contributed by atoms with E-state index >= 15 is 0 Å². The Hall–Kier alpha value is -2.42. The van der Waals surface area contributed by atoms with Crippen molar-refractivity contribution in [2.75, 3.05) is 18.9 Å². The minimum absolute atomic E-state index is 0.0164. The van der Waals surface area contributed by atoms with Crippen molar-refractivity contribution in [3.05, 3.63) is 22.5 Å². The van der Waals surface area contributed by atoms with Gasteiger partial charge in [-0.15, -0.1) is 0 Å². The van der Waals surface area contributed by atoms with E-state index in [2.05, 4.69) is 18.8 Å². The number of aromatic nitrogens is 2. The third-order valence-electron chi connectivity index (χ3n) is 12.9. The molecule has 2 bridgehead atoms. The summed E-state index contributed by atoms with van der Waals surface area (Å²) in [5, 5.41) is 10.8. The van der Waals surface area contributed by atoms with Crippen molar-refractivity contribution in [2.24, 2.45) is 5.92 Å². The lowest BCUT2D eigenvalue weighted by Gasteiger charge is -2.29. The van der Waals surface area contributed by atoms with Crippen LogP contribution < -0.4 is 11.4 Å². The first kappa shape index (κ1) is 56.9. The summed E-state index contributed by atoms with van der Waals surface area (Å²) in [5.74, 6) is -3.28. The van der Waals surface area contributed by atoms with Crippen LogP contribution in [0.15, 0.2) is 11.0 Å². The Labute approximate surface area is 389 Å². The molecule has 1 saturated carbocycles. The molecule has 4 N–H and O–H groups in total. The van der Waals surface area contributed by atoms with Gasteiger partial charge in [0.05, 0.1) is 25.0 Å². The molecular weight excluding hydrogens is 857 g/mol. The van der Waals surface area contributed by atoms with E-state index in [0.29, 0.717) is 12.8 Å². The van der Waals surface area contributed by atoms with E-state index in [1.807, 2.05) is 0 Å². The number of carbonyl (C=O) groups excluding carboxylic acids is 2. The number of nitrogens with two attached hydrogens (primary N) is 1. The predicted octanol–water partition coefficient (Wildman–Crippen LogP) is 11.7. The van der Waals surface area contributed by atoms with Crippen LogP contribution in [0, 0.1) is 11.7 Å². The Morgan fingerprint density at radius 2 is 1.18 bits per heavy atom. The second-order valence-electron chi connectivity index (χ2n) is 18.6. The molecule has 3 rings (SSSR count). The number of halogens is 1. The lowest BCUT2D eigenvalue weighted by Crippen LogP contribution is -2.37. The molecule has 16 heteroatoms. The maximum Gasteiger partial charge on any atom is 0.472 e. The average molecular weight is 944 g/mol. The Balaban J connectivity index is 1.37. The van der Waals surface area contributed by atoms with Crippen LogP contribution in [0.3, 0.4) is 0 Å². The number of nitrogens with zero attached hydrogens (tertiary/aromatic N) is 2. The Bertz CT molecular complexity index is 1550. The second kappa shape index (κ2) is 34.0. The summed E-state index contributed by atoms with van der Waals surface area (Å²) in [6.07, 6.45) is 31.6. The van der Waals surface area contributed by atoms with E-state index in [1.54, 1.807) is 0 Å². The average Bonchev–Trinajstić information content (AvgIpc) is 3.75. The van der Waals surface area contributed by atoms with Gasteiger partial charge in [-0.2, -0.15) is 4.98 Å². The molecule has 0 spiro atoms. The number of aliphatic hydroxyl groups is 1. The van der Waals surface area contributed by atoms with Crippen molar-refractivity contribution in [2.45, 2.75) is 256 Å². The number of aliphatic hydroxyl groups excluding tert-OH is 1. The van der Waals surface area contributed by atoms with E-state index in [1.165, 1.54) is 141 Å². The maximum absolute atomic E-state index is 14.1. The summed E-state index contributed by atoms with van der Waals surface area (Å²) in [4.78, 5) is 52.1. The zero-order chi connectivity index (χ0) is 47.1. The Morgan fingerprint density at radius 1 is 0.754 bits per heavy atom. The maximum atomic E-state index is 14.1. The molecule has 2 heterocycles. The summed E-state index contributed by atoms with van der Waals surface area (Å²) in [7, 11) is -4.84. The standard InChI is InChI=1S/C49H87FN3O11P/c1-3-5-7-9-11-13-15-17-19-21-23-25-27-29-31-33-43(54)60-37-39(62-44(55)34-32-30-28-26-24-22-20-18-16-14-12-10-8-6-4-2)38-61-65(58,59)64-42-35-40-45(56)46(42)63-48(40)53-36-41(50)47(51)52-49(53)57/h36,39-40,42,45-46,48,56H,3-35,37-38H2,1-2H3,(H,58,59)(H2,51,52,57)/t39-,40-,42?,45+,46-,48-/m1/s1. The van der Waals surface area contributed by atoms with E-state index in [4.69, 9.17) is 29.0 Å². The third kappa shape index (κ3) is 23.9. The predicted molar refractivity (Wildman–Crippen MR) is 251 cm³/mol. The highest BCUT2D eigenvalue weighted by Gasteiger charge is 2.57. The molecule has 1 aromatic rings. The van der Waals surface area contributed by atoms with Crippen LogP contribution in [0.4, 0.5) is 10.2 Å². The molecule has 0 aromatic carbocycles. The molecule has 2 fully saturated rings. The van der Waals surface area contributed by atoms with Crippen LogP contribution >= 0.6 is 7.82 Å². The largest absolute Gasteiger partial charge is 0.472 e. The highest BCUT2D eigenvalue weighted by atomic mass is 31.2. The van der Waals surface area contributed by atoms with E-state index in [0.717, 1.165) is 49.3 Å². The number of phosphoric acid groups is 1. The topological polar surface area (TPSA) is 199 Å². The SMILES string of the molecule is CCCCCCCCCCCCCCCCCC(=O)OC[C@H](COP(=O)(O)OC1C[C@@H]2[C@H](O)[C@@H]1O[C@H]2n1cc(F)c(N)nc1=O)OC(=O)CCCCCCCCCCCCCCCCC. The molecule has 2 unspecified atom stereocenters. The lowest BCUT2D eigenvalue weighted by molar-refractivity contribution is -0.161. The van der Waals surface area contributed by atoms with Gasteiger partial charge in [0.25, 0.3) is 0 Å². The molecule has 376 valence electrons. The number of fused-ring (bicyclic) bond motifs is 2. The van der Waals surface area contributed by atoms with Gasteiger partial charge < -0.3 is 29.9 Å². The number of phosphoric ester groups is 1. The van der Waals surface area contributed by atoms with Crippen molar-refractivity contribution in [3.8, 4) is 0 Å². The third-order valence-corrected chi connectivity index (χ3v) is 13.9. The van der Waals surface area contributed by atoms with Gasteiger partial charge in [0.2, 0.25) is 0 Å². The molecule has 2 aliphatic rings. The van der Waals surface area contributed by atoms with Crippen LogP contribution in [0.25, 0.3) is 0 Å². The van der Waals surface area contributed by atoms with Crippen molar-refractivity contribution < 1.29 is 51.8 Å². The zero-order valence-corrected chi connectivity index (χ0v) is 41.1. The molecule has 1 aliphatic heterocycles. The molecule has 14 nitrogen and oxygen atoms in total. The fourth-order valence-electron chi connectivity index (χ4n) is 9.01. The van der Waals surface area contributed by atoms with Crippen LogP contribution in [0.1, 0.15) is 232 Å². The van der Waals surface area contributed by atoms with E-state index < -0.39 is 80.3 Å². The number of esters is 2. The summed E-state index contributed by atoms with van der Waals surface area (Å²) in [6, 6.07) is 0. The van der Waals surface area contributed by atoms with Crippen LogP contribution in [-0.4, -0.2) is 69.1 Å². The summed E-state index contributed by atoms with van der Waals surface area (Å²) >= 11 is 0. The highest BCUT2D eigenvalue weighted by molar-refractivity contribution is 7.47. The Kier molecular flexibility index (Phi) is 29.7. The molecule has 7 atom stereocenters. The molecule has 1 aliphatic carbocycles. The summed E-state index contributed by atoms with van der Waals surface area (Å²) in [6.45, 7) is 3.54. The van der Waals surface area contributed by atoms with Gasteiger partial charge in [-0.1, -0.05) is 194 Å². The second-order valence-corrected chi connectivity index (χ2v) is 20.1.